The summed E-state index contributed by atoms with van der Waals surface area (Å²) in [5.41, 5.74) is 1.41. The van der Waals surface area contributed by atoms with Gasteiger partial charge >= 0.3 is 0 Å². The first kappa shape index (κ1) is 12.3. The van der Waals surface area contributed by atoms with Crippen LogP contribution in [0.1, 0.15) is 16.2 Å². The second kappa shape index (κ2) is 5.10. The number of thiophene rings is 1. The number of hydrogen-bond donors (Lipinski definition) is 1. The van der Waals surface area contributed by atoms with Crippen LogP contribution in [0.5, 0.6) is 0 Å². The van der Waals surface area contributed by atoms with Crippen LogP contribution < -0.4 is 5.32 Å². The van der Waals surface area contributed by atoms with Gasteiger partial charge in [-0.1, -0.05) is 6.07 Å². The van der Waals surface area contributed by atoms with Gasteiger partial charge < -0.3 is 5.32 Å². The summed E-state index contributed by atoms with van der Waals surface area (Å²) in [5.74, 6) is 0.591. The van der Waals surface area contributed by atoms with Crippen LogP contribution in [0.25, 0.3) is 5.65 Å². The number of nitrogens with zero attached hydrogens (tertiary/aromatic N) is 3. The maximum absolute atomic E-state index is 11.9. The molecular weight excluding hydrogens is 328 g/mol. The van der Waals surface area contributed by atoms with Crippen molar-refractivity contribution in [2.24, 2.45) is 0 Å². The molecule has 0 unspecified atom stereocenters. The minimum Gasteiger partial charge on any atom is -0.345 e. The molecule has 0 atom stereocenters. The summed E-state index contributed by atoms with van der Waals surface area (Å²) in [7, 11) is 0. The minimum atomic E-state index is -0.116. The molecular formula is C12H9BrN4OS. The summed E-state index contributed by atoms with van der Waals surface area (Å²) in [6.45, 7) is 0.345. The van der Waals surface area contributed by atoms with Gasteiger partial charge in [-0.15, -0.1) is 21.5 Å². The minimum absolute atomic E-state index is 0.116. The number of fused-ring (bicyclic) bond motifs is 1. The maximum atomic E-state index is 11.9. The van der Waals surface area contributed by atoms with Crippen LogP contribution in [-0.2, 0) is 6.54 Å². The summed E-state index contributed by atoms with van der Waals surface area (Å²) in [6, 6.07) is 7.46. The predicted octanol–water partition coefficient (Wildman–Crippen LogP) is 2.48. The van der Waals surface area contributed by atoms with Gasteiger partial charge in [0.05, 0.1) is 15.9 Å². The highest BCUT2D eigenvalue weighted by Gasteiger charge is 2.10. The van der Waals surface area contributed by atoms with E-state index in [4.69, 9.17) is 0 Å². The average Bonchev–Trinajstić information content (AvgIpc) is 3.02. The highest BCUT2D eigenvalue weighted by Crippen LogP contribution is 2.20. The quantitative estimate of drug-likeness (QED) is 0.799. The van der Waals surface area contributed by atoms with Crippen LogP contribution in [0.2, 0.25) is 0 Å². The fourth-order valence-corrected chi connectivity index (χ4v) is 2.84. The molecule has 3 aromatic heterocycles. The number of carbonyl (C=O) groups is 1. The molecule has 0 aliphatic heterocycles. The van der Waals surface area contributed by atoms with Gasteiger partial charge in [0.15, 0.2) is 11.5 Å². The summed E-state index contributed by atoms with van der Waals surface area (Å²) in [4.78, 5) is 11.9. The predicted molar refractivity (Wildman–Crippen MR) is 76.2 cm³/mol. The zero-order valence-corrected chi connectivity index (χ0v) is 12.1. The van der Waals surface area contributed by atoms with E-state index in [0.29, 0.717) is 17.9 Å². The van der Waals surface area contributed by atoms with E-state index in [1.165, 1.54) is 11.3 Å². The molecule has 0 bridgehead atoms. The molecule has 0 saturated carbocycles. The number of carbonyl (C=O) groups excluding carboxylic acids is 1. The number of hydrogen-bond acceptors (Lipinski definition) is 4. The third-order valence-electron chi connectivity index (χ3n) is 2.62. The second-order valence-corrected chi connectivity index (χ2v) is 6.16. The Balaban J connectivity index is 1.74. The number of halogens is 1. The highest BCUT2D eigenvalue weighted by atomic mass is 79.9. The average molecular weight is 337 g/mol. The normalized spacial score (nSPS) is 10.8. The third kappa shape index (κ3) is 2.52. The Morgan fingerprint density at radius 2 is 2.32 bits per heavy atom. The molecule has 19 heavy (non-hydrogen) atoms. The van der Waals surface area contributed by atoms with Crippen molar-refractivity contribution in [3.05, 3.63) is 51.0 Å². The first-order chi connectivity index (χ1) is 9.24. The lowest BCUT2D eigenvalue weighted by Crippen LogP contribution is -2.23. The van der Waals surface area contributed by atoms with Gasteiger partial charge in [0.25, 0.3) is 5.91 Å². The Hall–Kier alpha value is -1.73. The number of aromatic nitrogens is 3. The Bertz CT molecular complexity index is 736. The van der Waals surface area contributed by atoms with Gasteiger partial charge in [-0.25, -0.2) is 0 Å². The largest absolute Gasteiger partial charge is 0.345 e. The molecule has 0 aliphatic carbocycles. The summed E-state index contributed by atoms with van der Waals surface area (Å²) >= 11 is 4.82. The van der Waals surface area contributed by atoms with Crippen LogP contribution in [0.4, 0.5) is 0 Å². The van der Waals surface area contributed by atoms with Crippen LogP contribution >= 0.6 is 27.3 Å². The number of pyridine rings is 1. The molecule has 0 radical (unpaired) electrons. The molecule has 3 aromatic rings. The van der Waals surface area contributed by atoms with Crippen LogP contribution in [-0.4, -0.2) is 20.5 Å². The Labute approximate surface area is 121 Å². The van der Waals surface area contributed by atoms with E-state index in [1.807, 2.05) is 28.8 Å². The SMILES string of the molecule is O=C(NCc1nnc2ccccn12)c1csc(Br)c1. The first-order valence-corrected chi connectivity index (χ1v) is 7.22. The second-order valence-electron chi connectivity index (χ2n) is 3.87. The number of amides is 1. The number of rotatable bonds is 3. The zero-order valence-electron chi connectivity index (χ0n) is 9.71. The third-order valence-corrected chi connectivity index (χ3v) is 4.13. The van der Waals surface area contributed by atoms with Crippen molar-refractivity contribution in [2.75, 3.05) is 0 Å². The summed E-state index contributed by atoms with van der Waals surface area (Å²) in [5, 5.41) is 12.7. The standard InChI is InChI=1S/C12H9BrN4OS/c13-9-5-8(7-19-9)12(18)14-6-11-16-15-10-3-1-2-4-17(10)11/h1-5,7H,6H2,(H,14,18). The van der Waals surface area contributed by atoms with Crippen molar-refractivity contribution in [3.8, 4) is 0 Å². The van der Waals surface area contributed by atoms with E-state index in [1.54, 1.807) is 11.4 Å². The van der Waals surface area contributed by atoms with Gasteiger partial charge in [-0.2, -0.15) is 0 Å². The van der Waals surface area contributed by atoms with E-state index in [-0.39, 0.29) is 5.91 Å². The van der Waals surface area contributed by atoms with Crippen molar-refractivity contribution in [2.45, 2.75) is 6.54 Å². The van der Waals surface area contributed by atoms with Crippen molar-refractivity contribution in [1.82, 2.24) is 19.9 Å². The molecule has 7 heteroatoms. The molecule has 0 aliphatic rings. The van der Waals surface area contributed by atoms with Gasteiger partial charge in [-0.05, 0) is 34.1 Å². The van der Waals surface area contributed by atoms with Gasteiger partial charge in [-0.3, -0.25) is 9.20 Å². The van der Waals surface area contributed by atoms with E-state index >= 15 is 0 Å². The molecule has 0 fully saturated rings. The molecule has 3 heterocycles. The van der Waals surface area contributed by atoms with Crippen molar-refractivity contribution < 1.29 is 4.79 Å². The van der Waals surface area contributed by atoms with E-state index in [9.17, 15) is 4.79 Å². The van der Waals surface area contributed by atoms with Crippen molar-refractivity contribution in [1.29, 1.82) is 0 Å². The highest BCUT2D eigenvalue weighted by molar-refractivity contribution is 9.11. The lowest BCUT2D eigenvalue weighted by molar-refractivity contribution is 0.0950. The molecule has 96 valence electrons. The molecule has 1 amide bonds. The first-order valence-electron chi connectivity index (χ1n) is 5.55. The van der Waals surface area contributed by atoms with E-state index in [0.717, 1.165) is 9.43 Å². The number of nitrogens with one attached hydrogen (secondary N) is 1. The Morgan fingerprint density at radius 1 is 1.42 bits per heavy atom. The molecule has 3 rings (SSSR count). The zero-order chi connectivity index (χ0) is 13.2. The van der Waals surface area contributed by atoms with Gasteiger partial charge in [0.1, 0.15) is 0 Å². The van der Waals surface area contributed by atoms with Crippen LogP contribution in [0, 0.1) is 0 Å². The molecule has 1 N–H and O–H groups in total. The van der Waals surface area contributed by atoms with Gasteiger partial charge in [0.2, 0.25) is 0 Å². The topological polar surface area (TPSA) is 59.3 Å². The molecule has 0 saturated heterocycles. The summed E-state index contributed by atoms with van der Waals surface area (Å²) < 4.78 is 2.79. The lowest BCUT2D eigenvalue weighted by Gasteiger charge is -2.02. The fraction of sp³-hybridized carbons (Fsp3) is 0.0833. The Kier molecular flexibility index (Phi) is 3.31. The monoisotopic (exact) mass is 336 g/mol. The van der Waals surface area contributed by atoms with E-state index in [2.05, 4.69) is 31.4 Å². The fourth-order valence-electron chi connectivity index (χ4n) is 1.70. The van der Waals surface area contributed by atoms with Crippen LogP contribution in [0.3, 0.4) is 0 Å². The lowest BCUT2D eigenvalue weighted by atomic mass is 10.3. The smallest absolute Gasteiger partial charge is 0.252 e. The maximum Gasteiger partial charge on any atom is 0.252 e. The van der Waals surface area contributed by atoms with Gasteiger partial charge in [0, 0.05) is 11.6 Å². The molecule has 0 aromatic carbocycles. The summed E-state index contributed by atoms with van der Waals surface area (Å²) in [6.07, 6.45) is 1.87. The van der Waals surface area contributed by atoms with Crippen molar-refractivity contribution >= 4 is 38.8 Å². The van der Waals surface area contributed by atoms with E-state index < -0.39 is 0 Å². The van der Waals surface area contributed by atoms with Crippen molar-refractivity contribution in [3.63, 3.8) is 0 Å². The Morgan fingerprint density at radius 3 is 3.11 bits per heavy atom. The van der Waals surface area contributed by atoms with Crippen LogP contribution in [0.15, 0.2) is 39.6 Å². The molecule has 0 spiro atoms. The molecule has 5 nitrogen and oxygen atoms in total.